The summed E-state index contributed by atoms with van der Waals surface area (Å²) in [6.45, 7) is 1.93. The maximum atomic E-state index is 12.4. The van der Waals surface area contributed by atoms with E-state index in [0.717, 1.165) is 10.5 Å². The third kappa shape index (κ3) is 1.84. The molecule has 0 saturated carbocycles. The zero-order valence-electron chi connectivity index (χ0n) is 10.5. The van der Waals surface area contributed by atoms with Crippen LogP contribution in [0.25, 0.3) is 0 Å². The Hall–Kier alpha value is -2.39. The molecule has 0 saturated heterocycles. The summed E-state index contributed by atoms with van der Waals surface area (Å²) in [5.74, 6) is -0.418. The van der Waals surface area contributed by atoms with Gasteiger partial charge in [-0.15, -0.1) is 0 Å². The van der Waals surface area contributed by atoms with Gasteiger partial charge in [0.15, 0.2) is 10.7 Å². The first-order valence-corrected chi connectivity index (χ1v) is 6.68. The van der Waals surface area contributed by atoms with Crippen LogP contribution >= 0.6 is 11.8 Å². The number of hydrogen-bond acceptors (Lipinski definition) is 6. The van der Waals surface area contributed by atoms with Crippen molar-refractivity contribution in [3.63, 3.8) is 0 Å². The summed E-state index contributed by atoms with van der Waals surface area (Å²) >= 11 is 1.33. The molecule has 0 amide bonds. The highest BCUT2D eigenvalue weighted by Crippen LogP contribution is 2.42. The van der Waals surface area contributed by atoms with E-state index in [4.69, 9.17) is 19.8 Å². The van der Waals surface area contributed by atoms with Crippen LogP contribution in [0, 0.1) is 11.3 Å². The topological polar surface area (TPSA) is 93.2 Å². The van der Waals surface area contributed by atoms with Gasteiger partial charge in [-0.05, 0) is 17.9 Å². The summed E-state index contributed by atoms with van der Waals surface area (Å²) in [5, 5.41) is 9.48. The quantitative estimate of drug-likeness (QED) is 0.866. The van der Waals surface area contributed by atoms with E-state index in [0.29, 0.717) is 10.7 Å². The van der Waals surface area contributed by atoms with E-state index in [-0.39, 0.29) is 22.8 Å². The number of furan rings is 1. The van der Waals surface area contributed by atoms with Crippen molar-refractivity contribution in [2.75, 3.05) is 5.73 Å². The van der Waals surface area contributed by atoms with Gasteiger partial charge in [0.05, 0.1) is 18.1 Å². The van der Waals surface area contributed by atoms with Crippen molar-refractivity contribution >= 4 is 17.6 Å². The molecule has 0 radical (unpaired) electrons. The molecule has 2 aromatic heterocycles. The Morgan fingerprint density at radius 3 is 2.95 bits per heavy atom. The van der Waals surface area contributed by atoms with Gasteiger partial charge in [-0.3, -0.25) is 4.79 Å². The molecule has 0 spiro atoms. The van der Waals surface area contributed by atoms with Crippen LogP contribution in [0.3, 0.4) is 0 Å². The van der Waals surface area contributed by atoms with E-state index >= 15 is 0 Å². The van der Waals surface area contributed by atoms with Crippen molar-refractivity contribution in [2.45, 2.75) is 17.9 Å². The van der Waals surface area contributed by atoms with Crippen molar-refractivity contribution in [3.05, 3.63) is 56.5 Å². The first-order chi connectivity index (χ1) is 9.61. The average molecular weight is 286 g/mol. The smallest absolute Gasteiger partial charge is 0.213 e. The molecular weight excluding hydrogens is 276 g/mol. The standard InChI is InChI=1S/C14H10N2O3S/c1-7-4-9(8-2-3-18-6-8)11-12(17)10(5-15)13(16)19-14(11)20-7/h2-4,6,9H,16H2,1H3. The monoisotopic (exact) mass is 286 g/mol. The van der Waals surface area contributed by atoms with Gasteiger partial charge in [-0.25, -0.2) is 0 Å². The fraction of sp³-hybridized carbons (Fsp3) is 0.143. The second kappa shape index (κ2) is 4.62. The number of allylic oxidation sites excluding steroid dienone is 2. The molecule has 0 bridgehead atoms. The third-order valence-electron chi connectivity index (χ3n) is 3.12. The number of nitrogen functional groups attached to an aromatic ring is 1. The van der Waals surface area contributed by atoms with Gasteiger partial charge >= 0.3 is 0 Å². The SMILES string of the molecule is CC1=CC(c2ccoc2)c2c(oc(N)c(C#N)c2=O)S1. The van der Waals surface area contributed by atoms with E-state index < -0.39 is 0 Å². The second-order valence-electron chi connectivity index (χ2n) is 4.40. The Balaban J connectivity index is 2.30. The van der Waals surface area contributed by atoms with E-state index in [2.05, 4.69) is 0 Å². The van der Waals surface area contributed by atoms with Gasteiger partial charge in [-0.1, -0.05) is 17.8 Å². The molecule has 2 N–H and O–H groups in total. The van der Waals surface area contributed by atoms with E-state index in [1.54, 1.807) is 24.7 Å². The highest BCUT2D eigenvalue weighted by atomic mass is 32.2. The normalized spacial score (nSPS) is 17.2. The predicted molar refractivity (Wildman–Crippen MR) is 74.3 cm³/mol. The lowest BCUT2D eigenvalue weighted by atomic mass is 9.93. The lowest BCUT2D eigenvalue weighted by Gasteiger charge is -2.20. The number of nitrogens with two attached hydrogens (primary N) is 1. The summed E-state index contributed by atoms with van der Waals surface area (Å²) < 4.78 is 10.5. The molecule has 1 atom stereocenters. The van der Waals surface area contributed by atoms with Crippen molar-refractivity contribution < 1.29 is 8.83 Å². The lowest BCUT2D eigenvalue weighted by Crippen LogP contribution is -2.20. The van der Waals surface area contributed by atoms with E-state index in [1.165, 1.54) is 11.8 Å². The van der Waals surface area contributed by atoms with Crippen LogP contribution in [-0.4, -0.2) is 0 Å². The van der Waals surface area contributed by atoms with Gasteiger partial charge in [-0.2, -0.15) is 5.26 Å². The maximum Gasteiger partial charge on any atom is 0.213 e. The molecule has 1 unspecified atom stereocenters. The second-order valence-corrected chi connectivity index (χ2v) is 5.62. The van der Waals surface area contributed by atoms with Crippen LogP contribution in [0.2, 0.25) is 0 Å². The average Bonchev–Trinajstić information content (AvgIpc) is 2.91. The van der Waals surface area contributed by atoms with Crippen LogP contribution in [-0.2, 0) is 0 Å². The number of anilines is 1. The molecule has 1 aliphatic heterocycles. The minimum Gasteiger partial charge on any atom is -0.472 e. The molecule has 1 aliphatic rings. The Bertz CT molecular complexity index is 797. The van der Waals surface area contributed by atoms with Crippen molar-refractivity contribution in [2.24, 2.45) is 0 Å². The Kier molecular flexibility index (Phi) is 2.92. The minimum absolute atomic E-state index is 0.135. The number of thioether (sulfide) groups is 1. The zero-order valence-corrected chi connectivity index (χ0v) is 11.4. The molecule has 20 heavy (non-hydrogen) atoms. The van der Waals surface area contributed by atoms with Crippen LogP contribution in [0.15, 0.2) is 48.3 Å². The molecule has 0 fully saturated rings. The first-order valence-electron chi connectivity index (χ1n) is 5.86. The van der Waals surface area contributed by atoms with Gasteiger partial charge in [0.2, 0.25) is 11.3 Å². The largest absolute Gasteiger partial charge is 0.472 e. The number of nitrogens with zero attached hydrogens (tertiary/aromatic N) is 1. The molecule has 3 heterocycles. The maximum absolute atomic E-state index is 12.4. The Morgan fingerprint density at radius 1 is 1.50 bits per heavy atom. The van der Waals surface area contributed by atoms with Gasteiger partial charge in [0.25, 0.3) is 0 Å². The van der Waals surface area contributed by atoms with Crippen molar-refractivity contribution in [3.8, 4) is 6.07 Å². The van der Waals surface area contributed by atoms with Gasteiger partial charge in [0.1, 0.15) is 6.07 Å². The number of fused-ring (bicyclic) bond motifs is 1. The van der Waals surface area contributed by atoms with Crippen LogP contribution in [0.1, 0.15) is 29.5 Å². The molecule has 2 aromatic rings. The third-order valence-corrected chi connectivity index (χ3v) is 4.07. The lowest BCUT2D eigenvalue weighted by molar-refractivity contribution is 0.457. The molecule has 6 heteroatoms. The number of nitriles is 1. The van der Waals surface area contributed by atoms with E-state index in [9.17, 15) is 4.79 Å². The van der Waals surface area contributed by atoms with Crippen molar-refractivity contribution in [1.82, 2.24) is 0 Å². The zero-order chi connectivity index (χ0) is 14.3. The van der Waals surface area contributed by atoms with E-state index in [1.807, 2.05) is 13.0 Å². The molecular formula is C14H10N2O3S. The summed E-state index contributed by atoms with van der Waals surface area (Å²) in [6.07, 6.45) is 5.08. The summed E-state index contributed by atoms with van der Waals surface area (Å²) in [5.41, 5.74) is 6.37. The predicted octanol–water partition coefficient (Wildman–Crippen LogP) is 2.83. The van der Waals surface area contributed by atoms with Gasteiger partial charge < -0.3 is 14.6 Å². The molecule has 100 valence electrons. The van der Waals surface area contributed by atoms with Gasteiger partial charge in [0, 0.05) is 11.5 Å². The summed E-state index contributed by atoms with van der Waals surface area (Å²) in [4.78, 5) is 13.4. The first kappa shape index (κ1) is 12.6. The van der Waals surface area contributed by atoms with Crippen LogP contribution in [0.4, 0.5) is 5.88 Å². The molecule has 0 aromatic carbocycles. The van der Waals surface area contributed by atoms with Crippen LogP contribution < -0.4 is 11.2 Å². The number of hydrogen-bond donors (Lipinski definition) is 1. The fourth-order valence-electron chi connectivity index (χ4n) is 2.21. The molecule has 5 nitrogen and oxygen atoms in total. The Labute approximate surface area is 118 Å². The highest BCUT2D eigenvalue weighted by molar-refractivity contribution is 8.03. The van der Waals surface area contributed by atoms with Crippen LogP contribution in [0.5, 0.6) is 0 Å². The van der Waals surface area contributed by atoms with Crippen molar-refractivity contribution in [1.29, 1.82) is 5.26 Å². The minimum atomic E-state index is -0.381. The Morgan fingerprint density at radius 2 is 2.30 bits per heavy atom. The summed E-state index contributed by atoms with van der Waals surface area (Å²) in [7, 11) is 0. The number of rotatable bonds is 1. The summed E-state index contributed by atoms with van der Waals surface area (Å²) in [6, 6.07) is 3.59. The molecule has 0 aliphatic carbocycles. The highest BCUT2D eigenvalue weighted by Gasteiger charge is 2.29. The molecule has 3 rings (SSSR count). The fourth-order valence-corrected chi connectivity index (χ4v) is 3.17.